The first kappa shape index (κ1) is 35.7. The van der Waals surface area contributed by atoms with Crippen LogP contribution in [0.4, 0.5) is 34.9 Å². The van der Waals surface area contributed by atoms with Gasteiger partial charge in [-0.3, -0.25) is 9.59 Å². The molecule has 0 saturated carbocycles. The molecule has 2 aliphatic rings. The van der Waals surface area contributed by atoms with Gasteiger partial charge in [0.05, 0.1) is 5.69 Å². The molecule has 0 bridgehead atoms. The number of amides is 2. The molecule has 3 heterocycles. The van der Waals surface area contributed by atoms with Gasteiger partial charge in [0.2, 0.25) is 23.8 Å². The number of anilines is 6. The highest BCUT2D eigenvalue weighted by molar-refractivity contribution is 6.05. The number of aromatic nitrogens is 3. The summed E-state index contributed by atoms with van der Waals surface area (Å²) in [5.41, 5.74) is 26.8. The highest BCUT2D eigenvalue weighted by Crippen LogP contribution is 2.29. The molecule has 0 radical (unpaired) electrons. The van der Waals surface area contributed by atoms with Crippen molar-refractivity contribution in [1.82, 2.24) is 15.0 Å². The summed E-state index contributed by atoms with van der Waals surface area (Å²) in [5.74, 6) is 0.481. The maximum Gasteiger partial charge on any atom is 0.255 e. The second kappa shape index (κ2) is 16.2. The SMILES string of the molecule is CCCCC(CC)C(=O)Nc1ccc(NC(=O)c2ccc(Nc3nc(N4C[C@H](N)C[C@H](N)C4)nc(N4C[C@H](N)C[C@H](N)C4)n3)cc2)c(O)c1. The molecular formula is C34H50N12O3. The minimum Gasteiger partial charge on any atom is -0.506 e. The molecule has 15 heteroatoms. The Bertz CT molecular complexity index is 1520. The predicted octanol–water partition coefficient (Wildman–Crippen LogP) is 2.46. The standard InChI is InChI=1S/C34H50N12O3/c1-3-5-6-20(4-2)30(48)39-27-11-12-28(29(47)15-27)41-31(49)21-7-9-26(10-8-21)40-32-42-33(45-16-22(35)13-23(36)17-45)44-34(43-32)46-18-24(37)14-25(38)19-46/h7-12,15,20,22-25,47H,3-6,13-14,16-19,35-38H2,1-2H3,(H,39,48)(H,41,49)(H,40,42,43,44)/t20?,22-,23+,24-,25+. The van der Waals surface area contributed by atoms with Gasteiger partial charge in [-0.25, -0.2) is 0 Å². The summed E-state index contributed by atoms with van der Waals surface area (Å²) >= 11 is 0. The number of hydrogen-bond donors (Lipinski definition) is 8. The van der Waals surface area contributed by atoms with E-state index in [4.69, 9.17) is 27.9 Å². The molecule has 5 rings (SSSR count). The average molecular weight is 675 g/mol. The molecule has 2 amide bonds. The van der Waals surface area contributed by atoms with Crippen molar-refractivity contribution >= 4 is 46.7 Å². The van der Waals surface area contributed by atoms with Crippen molar-refractivity contribution in [2.45, 2.75) is 76.5 Å². The Morgan fingerprint density at radius 2 is 1.37 bits per heavy atom. The first-order chi connectivity index (χ1) is 23.5. The van der Waals surface area contributed by atoms with Crippen LogP contribution in [0.2, 0.25) is 0 Å². The third-order valence-electron chi connectivity index (χ3n) is 8.89. The summed E-state index contributed by atoms with van der Waals surface area (Å²) in [6, 6.07) is 11.0. The van der Waals surface area contributed by atoms with E-state index in [9.17, 15) is 14.7 Å². The lowest BCUT2D eigenvalue weighted by Gasteiger charge is -2.37. The molecule has 2 saturated heterocycles. The minimum absolute atomic E-state index is 0.0785. The molecule has 0 spiro atoms. The number of nitrogens with one attached hydrogen (secondary N) is 3. The van der Waals surface area contributed by atoms with E-state index in [2.05, 4.69) is 32.8 Å². The number of benzene rings is 2. The molecule has 5 atom stereocenters. The number of piperidine rings is 2. The van der Waals surface area contributed by atoms with E-state index in [1.54, 1.807) is 36.4 Å². The lowest BCUT2D eigenvalue weighted by atomic mass is 9.98. The molecule has 12 N–H and O–H groups in total. The largest absolute Gasteiger partial charge is 0.506 e. The van der Waals surface area contributed by atoms with Crippen LogP contribution < -0.4 is 48.7 Å². The maximum atomic E-state index is 13.1. The lowest BCUT2D eigenvalue weighted by molar-refractivity contribution is -0.120. The van der Waals surface area contributed by atoms with Crippen LogP contribution in [0.15, 0.2) is 42.5 Å². The van der Waals surface area contributed by atoms with E-state index < -0.39 is 5.91 Å². The van der Waals surface area contributed by atoms with Crippen LogP contribution in [0.25, 0.3) is 0 Å². The fourth-order valence-corrected chi connectivity index (χ4v) is 6.34. The zero-order valence-electron chi connectivity index (χ0n) is 28.3. The third-order valence-corrected chi connectivity index (χ3v) is 8.89. The Balaban J connectivity index is 1.27. The Morgan fingerprint density at radius 1 is 0.816 bits per heavy atom. The average Bonchev–Trinajstić information content (AvgIpc) is 3.05. The molecule has 264 valence electrons. The predicted molar refractivity (Wildman–Crippen MR) is 193 cm³/mol. The molecule has 3 aromatic rings. The zero-order valence-corrected chi connectivity index (χ0v) is 28.3. The normalized spacial score (nSPS) is 21.6. The Hall–Kier alpha value is -4.57. The van der Waals surface area contributed by atoms with Crippen LogP contribution >= 0.6 is 0 Å². The highest BCUT2D eigenvalue weighted by atomic mass is 16.3. The molecule has 2 aliphatic heterocycles. The summed E-state index contributed by atoms with van der Waals surface area (Å²) < 4.78 is 0. The summed E-state index contributed by atoms with van der Waals surface area (Å²) in [4.78, 5) is 43.8. The number of nitrogens with zero attached hydrogens (tertiary/aromatic N) is 5. The molecule has 2 fully saturated rings. The van der Waals surface area contributed by atoms with Crippen molar-refractivity contribution in [3.05, 3.63) is 48.0 Å². The van der Waals surface area contributed by atoms with E-state index in [1.807, 2.05) is 16.7 Å². The van der Waals surface area contributed by atoms with Crippen LogP contribution in [0.1, 0.15) is 62.7 Å². The number of hydrogen-bond acceptors (Lipinski definition) is 13. The second-order valence-corrected chi connectivity index (χ2v) is 13.2. The number of carbonyl (C=O) groups is 2. The van der Waals surface area contributed by atoms with Gasteiger partial charge in [-0.1, -0.05) is 26.7 Å². The van der Waals surface area contributed by atoms with Crippen molar-refractivity contribution in [1.29, 1.82) is 0 Å². The van der Waals surface area contributed by atoms with Crippen molar-refractivity contribution < 1.29 is 14.7 Å². The fraction of sp³-hybridized carbons (Fsp3) is 0.500. The third kappa shape index (κ3) is 9.53. The van der Waals surface area contributed by atoms with Crippen LogP contribution in [0.3, 0.4) is 0 Å². The van der Waals surface area contributed by atoms with Gasteiger partial charge >= 0.3 is 0 Å². The molecule has 2 aromatic carbocycles. The number of nitrogens with two attached hydrogens (primary N) is 4. The van der Waals surface area contributed by atoms with Crippen molar-refractivity contribution in [3.63, 3.8) is 0 Å². The quantitative estimate of drug-likeness (QED) is 0.129. The number of carbonyl (C=O) groups excluding carboxylic acids is 2. The highest BCUT2D eigenvalue weighted by Gasteiger charge is 2.29. The first-order valence-electron chi connectivity index (χ1n) is 17.1. The lowest BCUT2D eigenvalue weighted by Crippen LogP contribution is -2.54. The van der Waals surface area contributed by atoms with Gasteiger partial charge in [0.1, 0.15) is 5.75 Å². The number of unbranched alkanes of at least 4 members (excludes halogenated alkanes) is 1. The number of rotatable bonds is 12. The van der Waals surface area contributed by atoms with Gasteiger partial charge in [0, 0.05) is 79.3 Å². The maximum absolute atomic E-state index is 13.1. The monoisotopic (exact) mass is 674 g/mol. The molecule has 0 aliphatic carbocycles. The molecule has 49 heavy (non-hydrogen) atoms. The van der Waals surface area contributed by atoms with Gasteiger partial charge in [-0.05, 0) is 62.1 Å². The Labute approximate surface area is 287 Å². The van der Waals surface area contributed by atoms with Crippen LogP contribution in [0.5, 0.6) is 5.75 Å². The zero-order chi connectivity index (χ0) is 35.1. The Kier molecular flexibility index (Phi) is 11.8. The van der Waals surface area contributed by atoms with Crippen LogP contribution in [0, 0.1) is 5.92 Å². The van der Waals surface area contributed by atoms with Crippen molar-refractivity contribution in [3.8, 4) is 5.75 Å². The summed E-state index contributed by atoms with van der Waals surface area (Å²) in [6.07, 6.45) is 5.00. The van der Waals surface area contributed by atoms with Crippen LogP contribution in [-0.2, 0) is 4.79 Å². The second-order valence-electron chi connectivity index (χ2n) is 13.2. The van der Waals surface area contributed by atoms with E-state index in [0.29, 0.717) is 61.0 Å². The van der Waals surface area contributed by atoms with Gasteiger partial charge in [0.15, 0.2) is 0 Å². The smallest absolute Gasteiger partial charge is 0.255 e. The number of phenols is 1. The molecular weight excluding hydrogens is 624 g/mol. The fourth-order valence-electron chi connectivity index (χ4n) is 6.34. The first-order valence-corrected chi connectivity index (χ1v) is 17.1. The summed E-state index contributed by atoms with van der Waals surface area (Å²) in [5, 5.41) is 19.4. The molecule has 1 aromatic heterocycles. The number of phenolic OH excluding ortho intramolecular Hbond substituents is 1. The van der Waals surface area contributed by atoms with Crippen LogP contribution in [-0.4, -0.2) is 82.2 Å². The van der Waals surface area contributed by atoms with E-state index in [1.165, 1.54) is 6.07 Å². The summed E-state index contributed by atoms with van der Waals surface area (Å²) in [7, 11) is 0. The number of aromatic hydroxyl groups is 1. The Morgan fingerprint density at radius 3 is 1.88 bits per heavy atom. The van der Waals surface area contributed by atoms with E-state index in [-0.39, 0.29) is 47.4 Å². The molecule has 1 unspecified atom stereocenters. The van der Waals surface area contributed by atoms with Gasteiger partial charge in [-0.2, -0.15) is 15.0 Å². The van der Waals surface area contributed by atoms with Gasteiger partial charge < -0.3 is 53.8 Å². The van der Waals surface area contributed by atoms with Crippen molar-refractivity contribution in [2.24, 2.45) is 28.9 Å². The topological polar surface area (TPSA) is 240 Å². The van der Waals surface area contributed by atoms with E-state index >= 15 is 0 Å². The van der Waals surface area contributed by atoms with Gasteiger partial charge in [0.25, 0.3) is 5.91 Å². The molecule has 15 nitrogen and oxygen atoms in total. The van der Waals surface area contributed by atoms with Gasteiger partial charge in [-0.15, -0.1) is 0 Å². The van der Waals surface area contributed by atoms with Crippen molar-refractivity contribution in [2.75, 3.05) is 51.9 Å². The van der Waals surface area contributed by atoms with E-state index in [0.717, 1.165) is 38.5 Å². The minimum atomic E-state index is -0.412. The summed E-state index contributed by atoms with van der Waals surface area (Å²) in [6.45, 7) is 6.33.